The molecule has 4 nitrogen and oxygen atoms in total. The Balaban J connectivity index is 1.53. The second-order valence-corrected chi connectivity index (χ2v) is 7.07. The first-order chi connectivity index (χ1) is 10.3. The molecule has 2 saturated heterocycles. The van der Waals surface area contributed by atoms with Gasteiger partial charge in [-0.05, 0) is 32.2 Å². The number of hydrogen-bond donors (Lipinski definition) is 1. The van der Waals surface area contributed by atoms with Crippen molar-refractivity contribution in [2.24, 2.45) is 5.92 Å². The molecule has 0 radical (unpaired) electrons. The molecule has 0 aromatic heterocycles. The highest BCUT2D eigenvalue weighted by molar-refractivity contribution is 4.89. The molecule has 3 rings (SSSR count). The maximum Gasteiger partial charge on any atom is 0.0594 e. The summed E-state index contributed by atoms with van der Waals surface area (Å²) in [6.45, 7) is 7.54. The lowest BCUT2D eigenvalue weighted by molar-refractivity contribution is -0.0143. The minimum atomic E-state index is -0.0484. The highest BCUT2D eigenvalue weighted by atomic mass is 16.5. The lowest BCUT2D eigenvalue weighted by Gasteiger charge is -2.44. The molecular formula is C17H32N2O2. The summed E-state index contributed by atoms with van der Waals surface area (Å²) in [5, 5.41) is 10.4. The third-order valence-corrected chi connectivity index (χ3v) is 5.75. The zero-order valence-corrected chi connectivity index (χ0v) is 13.4. The van der Waals surface area contributed by atoms with Gasteiger partial charge in [-0.1, -0.05) is 19.3 Å². The molecule has 21 heavy (non-hydrogen) atoms. The predicted octanol–water partition coefficient (Wildman–Crippen LogP) is 1.72. The molecule has 4 heteroatoms. The number of piperidine rings is 1. The number of likely N-dealkylation sites (tertiary alicyclic amines) is 1. The maximum absolute atomic E-state index is 10.4. The van der Waals surface area contributed by atoms with E-state index in [2.05, 4.69) is 9.80 Å². The second kappa shape index (κ2) is 7.91. The van der Waals surface area contributed by atoms with Gasteiger partial charge in [-0.15, -0.1) is 0 Å². The van der Waals surface area contributed by atoms with Crippen LogP contribution in [0.25, 0.3) is 0 Å². The fourth-order valence-electron chi connectivity index (χ4n) is 4.46. The molecule has 0 spiro atoms. The van der Waals surface area contributed by atoms with Crippen molar-refractivity contribution in [1.29, 1.82) is 0 Å². The van der Waals surface area contributed by atoms with Crippen LogP contribution in [0.5, 0.6) is 0 Å². The standard InChI is InChI=1S/C17H32N2O2/c20-17-7-2-1-5-15(17)16-6-3-4-8-19(16)10-9-18-11-13-21-14-12-18/h15-17,20H,1-14H2. The van der Waals surface area contributed by atoms with E-state index < -0.39 is 0 Å². The highest BCUT2D eigenvalue weighted by Crippen LogP contribution is 2.33. The van der Waals surface area contributed by atoms with Gasteiger partial charge in [0.05, 0.1) is 19.3 Å². The van der Waals surface area contributed by atoms with Crippen molar-refractivity contribution < 1.29 is 9.84 Å². The topological polar surface area (TPSA) is 35.9 Å². The Bertz CT molecular complexity index is 307. The molecule has 2 aliphatic heterocycles. The van der Waals surface area contributed by atoms with Crippen LogP contribution in [0.3, 0.4) is 0 Å². The van der Waals surface area contributed by atoms with Crippen molar-refractivity contribution in [2.45, 2.75) is 57.1 Å². The van der Waals surface area contributed by atoms with Gasteiger partial charge in [-0.25, -0.2) is 0 Å². The summed E-state index contributed by atoms with van der Waals surface area (Å²) in [7, 11) is 0. The summed E-state index contributed by atoms with van der Waals surface area (Å²) in [6.07, 6.45) is 8.73. The average molecular weight is 296 g/mol. The Morgan fingerprint density at radius 1 is 0.857 bits per heavy atom. The van der Waals surface area contributed by atoms with Gasteiger partial charge in [-0.3, -0.25) is 9.80 Å². The van der Waals surface area contributed by atoms with E-state index in [4.69, 9.17) is 4.74 Å². The van der Waals surface area contributed by atoms with E-state index in [1.165, 1.54) is 58.2 Å². The van der Waals surface area contributed by atoms with Gasteiger partial charge >= 0.3 is 0 Å². The van der Waals surface area contributed by atoms with Crippen LogP contribution in [-0.2, 0) is 4.74 Å². The third-order valence-electron chi connectivity index (χ3n) is 5.75. The molecule has 1 aliphatic carbocycles. The Morgan fingerprint density at radius 3 is 2.43 bits per heavy atom. The lowest BCUT2D eigenvalue weighted by Crippen LogP contribution is -2.51. The van der Waals surface area contributed by atoms with Crippen molar-refractivity contribution in [3.63, 3.8) is 0 Å². The summed E-state index contributed by atoms with van der Waals surface area (Å²) in [6, 6.07) is 0.634. The van der Waals surface area contributed by atoms with E-state index in [-0.39, 0.29) is 6.10 Å². The third kappa shape index (κ3) is 4.19. The summed E-state index contributed by atoms with van der Waals surface area (Å²) < 4.78 is 5.43. The van der Waals surface area contributed by atoms with Gasteiger partial charge in [0.25, 0.3) is 0 Å². The number of aliphatic hydroxyl groups excluding tert-OH is 1. The number of nitrogens with zero attached hydrogens (tertiary/aromatic N) is 2. The molecule has 3 atom stereocenters. The zero-order valence-electron chi connectivity index (χ0n) is 13.4. The van der Waals surface area contributed by atoms with Crippen molar-refractivity contribution in [3.05, 3.63) is 0 Å². The van der Waals surface area contributed by atoms with Crippen LogP contribution in [0.2, 0.25) is 0 Å². The SMILES string of the molecule is OC1CCCCC1C1CCCCN1CCN1CCOCC1. The van der Waals surface area contributed by atoms with Crippen LogP contribution in [0.15, 0.2) is 0 Å². The lowest BCUT2D eigenvalue weighted by atomic mass is 9.78. The Kier molecular flexibility index (Phi) is 5.92. The number of ether oxygens (including phenoxy) is 1. The van der Waals surface area contributed by atoms with Crippen LogP contribution in [0.4, 0.5) is 0 Å². The van der Waals surface area contributed by atoms with Gasteiger partial charge in [0.15, 0.2) is 0 Å². The van der Waals surface area contributed by atoms with Gasteiger partial charge in [0, 0.05) is 38.1 Å². The molecule has 1 N–H and O–H groups in total. The molecule has 0 aromatic carbocycles. The van der Waals surface area contributed by atoms with E-state index in [9.17, 15) is 5.11 Å². The Morgan fingerprint density at radius 2 is 1.62 bits per heavy atom. The fraction of sp³-hybridized carbons (Fsp3) is 1.00. The van der Waals surface area contributed by atoms with Crippen LogP contribution in [0, 0.1) is 5.92 Å². The molecule has 2 heterocycles. The molecule has 122 valence electrons. The first kappa shape index (κ1) is 15.7. The minimum absolute atomic E-state index is 0.0484. The molecular weight excluding hydrogens is 264 g/mol. The number of aliphatic hydroxyl groups is 1. The van der Waals surface area contributed by atoms with Gasteiger partial charge in [-0.2, -0.15) is 0 Å². The van der Waals surface area contributed by atoms with Crippen LogP contribution >= 0.6 is 0 Å². The minimum Gasteiger partial charge on any atom is -0.393 e. The van der Waals surface area contributed by atoms with Gasteiger partial charge in [0.2, 0.25) is 0 Å². The molecule has 0 bridgehead atoms. The van der Waals surface area contributed by atoms with Gasteiger partial charge < -0.3 is 9.84 Å². The normalized spacial score (nSPS) is 36.7. The predicted molar refractivity (Wildman–Crippen MR) is 84.4 cm³/mol. The van der Waals surface area contributed by atoms with E-state index in [1.807, 2.05) is 0 Å². The summed E-state index contributed by atoms with van der Waals surface area (Å²) in [5.74, 6) is 0.531. The maximum atomic E-state index is 10.4. The Hall–Kier alpha value is -0.160. The molecule has 0 aromatic rings. The van der Waals surface area contributed by atoms with E-state index >= 15 is 0 Å². The van der Waals surface area contributed by atoms with Crippen molar-refractivity contribution in [1.82, 2.24) is 9.80 Å². The van der Waals surface area contributed by atoms with E-state index in [0.717, 1.165) is 32.7 Å². The second-order valence-electron chi connectivity index (χ2n) is 7.07. The average Bonchev–Trinajstić information content (AvgIpc) is 2.55. The largest absolute Gasteiger partial charge is 0.393 e. The summed E-state index contributed by atoms with van der Waals surface area (Å²) >= 11 is 0. The van der Waals surface area contributed by atoms with Crippen molar-refractivity contribution in [3.8, 4) is 0 Å². The first-order valence-electron chi connectivity index (χ1n) is 9.07. The highest BCUT2D eigenvalue weighted by Gasteiger charge is 2.35. The Labute approximate surface area is 129 Å². The van der Waals surface area contributed by atoms with Crippen LogP contribution < -0.4 is 0 Å². The number of morpholine rings is 1. The summed E-state index contributed by atoms with van der Waals surface area (Å²) in [4.78, 5) is 5.23. The van der Waals surface area contributed by atoms with Crippen LogP contribution in [-0.4, -0.2) is 73.0 Å². The smallest absolute Gasteiger partial charge is 0.0594 e. The quantitative estimate of drug-likeness (QED) is 0.857. The monoisotopic (exact) mass is 296 g/mol. The van der Waals surface area contributed by atoms with Crippen molar-refractivity contribution in [2.75, 3.05) is 45.9 Å². The molecule has 3 unspecified atom stereocenters. The number of hydrogen-bond acceptors (Lipinski definition) is 4. The molecule has 3 fully saturated rings. The van der Waals surface area contributed by atoms with E-state index in [1.54, 1.807) is 0 Å². The first-order valence-corrected chi connectivity index (χ1v) is 9.07. The molecule has 3 aliphatic rings. The molecule has 1 saturated carbocycles. The molecule has 0 amide bonds. The van der Waals surface area contributed by atoms with Crippen molar-refractivity contribution >= 4 is 0 Å². The number of rotatable bonds is 4. The van der Waals surface area contributed by atoms with Crippen LogP contribution in [0.1, 0.15) is 44.9 Å². The fourth-order valence-corrected chi connectivity index (χ4v) is 4.46. The van der Waals surface area contributed by atoms with E-state index in [0.29, 0.717) is 12.0 Å². The van der Waals surface area contributed by atoms with Gasteiger partial charge in [0.1, 0.15) is 0 Å². The zero-order chi connectivity index (χ0) is 14.5. The summed E-state index contributed by atoms with van der Waals surface area (Å²) in [5.41, 5.74) is 0.